The molecule has 9 heavy (non-hydrogen) atoms. The van der Waals surface area contributed by atoms with Crippen LogP contribution in [0.3, 0.4) is 0 Å². The zero-order valence-electron chi connectivity index (χ0n) is 5.62. The van der Waals surface area contributed by atoms with Crippen LogP contribution in [0, 0.1) is 0 Å². The van der Waals surface area contributed by atoms with Gasteiger partial charge in [0.25, 0.3) is 0 Å². The lowest BCUT2D eigenvalue weighted by atomic mass is 10.4. The van der Waals surface area contributed by atoms with Crippen LogP contribution in [0.4, 0.5) is 0 Å². The van der Waals surface area contributed by atoms with Crippen molar-refractivity contribution in [3.63, 3.8) is 0 Å². The highest BCUT2D eigenvalue weighted by Gasteiger charge is 1.57. The highest BCUT2D eigenvalue weighted by atomic mass is 14.6. The van der Waals surface area contributed by atoms with Crippen LogP contribution in [0.2, 0.25) is 0 Å². The van der Waals surface area contributed by atoms with Gasteiger partial charge in [0, 0.05) is 13.3 Å². The topological polar surface area (TPSA) is 12.4 Å². The van der Waals surface area contributed by atoms with Gasteiger partial charge in [0.2, 0.25) is 0 Å². The van der Waals surface area contributed by atoms with E-state index < -0.39 is 0 Å². The molecule has 48 valence electrons. The molecule has 1 nitrogen and oxygen atoms in total. The van der Waals surface area contributed by atoms with E-state index in [1.54, 1.807) is 19.3 Å². The third-order valence-electron chi connectivity index (χ3n) is 0.705. The monoisotopic (exact) mass is 121 g/mol. The Morgan fingerprint density at radius 3 is 2.33 bits per heavy atom. The van der Waals surface area contributed by atoms with E-state index in [4.69, 9.17) is 0 Å². The van der Waals surface area contributed by atoms with Crippen LogP contribution in [-0.4, -0.2) is 13.3 Å². The van der Waals surface area contributed by atoms with Gasteiger partial charge in [-0.25, -0.2) is 0 Å². The SMILES string of the molecule is C=CC=CC=CC=NC. The van der Waals surface area contributed by atoms with E-state index in [9.17, 15) is 0 Å². The molecule has 0 rings (SSSR count). The Bertz CT molecular complexity index is 141. The van der Waals surface area contributed by atoms with Crippen molar-refractivity contribution in [1.82, 2.24) is 0 Å². The Morgan fingerprint density at radius 1 is 1.11 bits per heavy atom. The van der Waals surface area contributed by atoms with Gasteiger partial charge in [0.1, 0.15) is 0 Å². The first-order valence-corrected chi connectivity index (χ1v) is 2.78. The summed E-state index contributed by atoms with van der Waals surface area (Å²) in [7, 11) is 1.74. The second kappa shape index (κ2) is 6.89. The molecular weight excluding hydrogens is 110 g/mol. The maximum Gasteiger partial charge on any atom is 0.0277 e. The van der Waals surface area contributed by atoms with Crippen molar-refractivity contribution < 1.29 is 0 Å². The molecule has 0 saturated carbocycles. The molecule has 0 unspecified atom stereocenters. The van der Waals surface area contributed by atoms with E-state index in [0.29, 0.717) is 0 Å². The molecule has 0 heterocycles. The molecule has 0 spiro atoms. The largest absolute Gasteiger partial charge is 0.297 e. The third-order valence-corrected chi connectivity index (χ3v) is 0.705. The molecule has 0 amide bonds. The fourth-order valence-electron chi connectivity index (χ4n) is 0.343. The molecule has 0 aromatic rings. The van der Waals surface area contributed by atoms with Crippen molar-refractivity contribution in [2.75, 3.05) is 7.05 Å². The minimum atomic E-state index is 1.73. The third kappa shape index (κ3) is 6.89. The van der Waals surface area contributed by atoms with Crippen LogP contribution in [0.15, 0.2) is 42.0 Å². The Morgan fingerprint density at radius 2 is 1.78 bits per heavy atom. The van der Waals surface area contributed by atoms with E-state index in [0.717, 1.165) is 0 Å². The average Bonchev–Trinajstić information content (AvgIpc) is 1.89. The lowest BCUT2D eigenvalue weighted by Gasteiger charge is -1.69. The zero-order chi connectivity index (χ0) is 6.95. The number of hydrogen-bond acceptors (Lipinski definition) is 1. The van der Waals surface area contributed by atoms with E-state index in [1.165, 1.54) is 0 Å². The maximum absolute atomic E-state index is 3.76. The smallest absolute Gasteiger partial charge is 0.0277 e. The average molecular weight is 121 g/mol. The molecule has 0 aliphatic carbocycles. The number of nitrogens with zero attached hydrogens (tertiary/aromatic N) is 1. The summed E-state index contributed by atoms with van der Waals surface area (Å²) in [4.78, 5) is 3.76. The molecule has 0 saturated heterocycles. The van der Waals surface area contributed by atoms with Gasteiger partial charge in [-0.2, -0.15) is 0 Å². The molecule has 0 aliphatic rings. The maximum atomic E-state index is 3.76. The van der Waals surface area contributed by atoms with Crippen molar-refractivity contribution in [2.45, 2.75) is 0 Å². The van der Waals surface area contributed by atoms with E-state index in [2.05, 4.69) is 11.6 Å². The predicted molar refractivity (Wildman–Crippen MR) is 42.9 cm³/mol. The fourth-order valence-corrected chi connectivity index (χ4v) is 0.343. The highest BCUT2D eigenvalue weighted by molar-refractivity contribution is 5.71. The van der Waals surface area contributed by atoms with Crippen molar-refractivity contribution in [3.05, 3.63) is 37.0 Å². The Balaban J connectivity index is 3.46. The second-order valence-electron chi connectivity index (χ2n) is 1.41. The molecule has 0 aromatic carbocycles. The number of hydrogen-bond donors (Lipinski definition) is 0. The van der Waals surface area contributed by atoms with Crippen LogP contribution in [0.5, 0.6) is 0 Å². The molecule has 0 N–H and O–H groups in total. The summed E-state index contributed by atoms with van der Waals surface area (Å²) in [5.74, 6) is 0. The van der Waals surface area contributed by atoms with Gasteiger partial charge in [-0.15, -0.1) is 0 Å². The van der Waals surface area contributed by atoms with Crippen LogP contribution in [0.25, 0.3) is 0 Å². The van der Waals surface area contributed by atoms with Crippen LogP contribution < -0.4 is 0 Å². The number of rotatable bonds is 3. The summed E-state index contributed by atoms with van der Waals surface area (Å²) >= 11 is 0. The zero-order valence-corrected chi connectivity index (χ0v) is 5.62. The van der Waals surface area contributed by atoms with Crippen LogP contribution >= 0.6 is 0 Å². The molecule has 0 radical (unpaired) electrons. The van der Waals surface area contributed by atoms with Crippen LogP contribution in [0.1, 0.15) is 0 Å². The quantitative estimate of drug-likeness (QED) is 0.400. The van der Waals surface area contributed by atoms with Crippen molar-refractivity contribution >= 4 is 6.21 Å². The molecule has 0 bridgehead atoms. The standard InChI is InChI=1S/C8H11N/c1-3-4-5-6-7-8-9-2/h3-8H,1H2,2H3. The summed E-state index contributed by atoms with van der Waals surface area (Å²) in [6.45, 7) is 3.52. The fraction of sp³-hybridized carbons (Fsp3) is 0.125. The summed E-state index contributed by atoms with van der Waals surface area (Å²) < 4.78 is 0. The first-order valence-electron chi connectivity index (χ1n) is 2.78. The van der Waals surface area contributed by atoms with Gasteiger partial charge in [0.15, 0.2) is 0 Å². The Hall–Kier alpha value is -1.11. The first kappa shape index (κ1) is 7.89. The second-order valence-corrected chi connectivity index (χ2v) is 1.41. The van der Waals surface area contributed by atoms with Crippen molar-refractivity contribution in [2.24, 2.45) is 4.99 Å². The molecule has 1 heteroatoms. The molecule has 0 aliphatic heterocycles. The highest BCUT2D eigenvalue weighted by Crippen LogP contribution is 1.74. The van der Waals surface area contributed by atoms with Crippen LogP contribution in [-0.2, 0) is 0 Å². The molecular formula is C8H11N. The summed E-state index contributed by atoms with van der Waals surface area (Å²) in [5, 5.41) is 0. The van der Waals surface area contributed by atoms with Gasteiger partial charge in [-0.3, -0.25) is 4.99 Å². The lowest BCUT2D eigenvalue weighted by molar-refractivity contribution is 1.48. The predicted octanol–water partition coefficient (Wildman–Crippen LogP) is 1.99. The normalized spacial score (nSPS) is 12.1. The minimum absolute atomic E-state index is 1.73. The van der Waals surface area contributed by atoms with Gasteiger partial charge in [-0.1, -0.05) is 30.9 Å². The van der Waals surface area contributed by atoms with Gasteiger partial charge in [0.05, 0.1) is 0 Å². The molecule has 0 aromatic heterocycles. The minimum Gasteiger partial charge on any atom is -0.297 e. The van der Waals surface area contributed by atoms with Gasteiger partial charge in [-0.05, 0) is 6.08 Å². The Labute approximate surface area is 56.1 Å². The number of allylic oxidation sites excluding steroid dienone is 5. The Kier molecular flexibility index (Phi) is 6.04. The molecule has 0 atom stereocenters. The summed E-state index contributed by atoms with van der Waals surface area (Å²) in [6.07, 6.45) is 11.0. The van der Waals surface area contributed by atoms with Crippen molar-refractivity contribution in [1.29, 1.82) is 0 Å². The van der Waals surface area contributed by atoms with Gasteiger partial charge >= 0.3 is 0 Å². The summed E-state index contributed by atoms with van der Waals surface area (Å²) in [5.41, 5.74) is 0. The van der Waals surface area contributed by atoms with Gasteiger partial charge < -0.3 is 0 Å². The summed E-state index contributed by atoms with van der Waals surface area (Å²) in [6, 6.07) is 0. The van der Waals surface area contributed by atoms with E-state index in [-0.39, 0.29) is 0 Å². The molecule has 0 fully saturated rings. The van der Waals surface area contributed by atoms with E-state index >= 15 is 0 Å². The lowest BCUT2D eigenvalue weighted by Crippen LogP contribution is -1.58. The van der Waals surface area contributed by atoms with E-state index in [1.807, 2.05) is 24.3 Å². The first-order chi connectivity index (χ1) is 4.41. The number of aliphatic imine (C=N–C) groups is 1. The van der Waals surface area contributed by atoms with Crippen molar-refractivity contribution in [3.8, 4) is 0 Å².